The lowest BCUT2D eigenvalue weighted by atomic mass is 9.69. The lowest BCUT2D eigenvalue weighted by Crippen LogP contribution is -2.27. The second kappa shape index (κ2) is 17.0. The molecule has 0 saturated carbocycles. The number of rotatable bonds is 22. The third kappa shape index (κ3) is 9.27. The summed E-state index contributed by atoms with van der Waals surface area (Å²) in [4.78, 5) is 0. The molecule has 6 heteroatoms. The molecule has 0 radical (unpaired) electrons. The van der Waals surface area contributed by atoms with Crippen LogP contribution in [0.5, 0.6) is 17.2 Å². The molecule has 3 aliphatic rings. The molecule has 3 atom stereocenters. The summed E-state index contributed by atoms with van der Waals surface area (Å²) < 4.78 is 35.0. The minimum atomic E-state index is -0.503. The van der Waals surface area contributed by atoms with Gasteiger partial charge in [-0.15, -0.1) is 19.7 Å². The fraction of sp³-hybridized carbons (Fsp3) is 0.388. The van der Waals surface area contributed by atoms with E-state index in [2.05, 4.69) is 119 Å². The predicted octanol–water partition coefficient (Wildman–Crippen LogP) is 9.67. The molecular weight excluding hydrogens is 685 g/mol. The van der Waals surface area contributed by atoms with Gasteiger partial charge in [0, 0.05) is 23.7 Å². The van der Waals surface area contributed by atoms with Crippen LogP contribution in [0.4, 0.5) is 0 Å². The Balaban J connectivity index is 1.24. The highest BCUT2D eigenvalue weighted by Gasteiger charge is 2.34. The first kappa shape index (κ1) is 38.6. The molecule has 3 heterocycles. The zero-order valence-electron chi connectivity index (χ0n) is 32.8. The normalized spacial score (nSPS) is 19.5. The summed E-state index contributed by atoms with van der Waals surface area (Å²) in [6.07, 6.45) is 10.6. The van der Waals surface area contributed by atoms with Crippen molar-refractivity contribution in [2.75, 3.05) is 39.6 Å². The van der Waals surface area contributed by atoms with Crippen molar-refractivity contribution in [3.8, 4) is 17.2 Å². The van der Waals surface area contributed by atoms with Gasteiger partial charge in [0.15, 0.2) is 0 Å². The molecule has 6 nitrogen and oxygen atoms in total. The van der Waals surface area contributed by atoms with Crippen LogP contribution < -0.4 is 14.2 Å². The van der Waals surface area contributed by atoms with Crippen LogP contribution in [-0.2, 0) is 44.3 Å². The van der Waals surface area contributed by atoms with E-state index >= 15 is 0 Å². The van der Waals surface area contributed by atoms with Crippen molar-refractivity contribution in [3.63, 3.8) is 0 Å². The molecule has 0 N–H and O–H groups in total. The van der Waals surface area contributed by atoms with E-state index in [-0.39, 0.29) is 11.5 Å². The maximum Gasteiger partial charge on any atom is 0.122 e. The van der Waals surface area contributed by atoms with Gasteiger partial charge >= 0.3 is 0 Å². The lowest BCUT2D eigenvalue weighted by molar-refractivity contribution is 0.261. The van der Waals surface area contributed by atoms with Gasteiger partial charge in [-0.1, -0.05) is 92.7 Å². The number of benzene rings is 4. The zero-order chi connectivity index (χ0) is 38.4. The number of epoxide rings is 3. The minimum Gasteiger partial charge on any atom is -0.493 e. The number of hydrogen-bond acceptors (Lipinski definition) is 6. The Kier molecular flexibility index (Phi) is 12.0. The molecule has 0 amide bonds. The highest BCUT2D eigenvalue weighted by molar-refractivity contribution is 5.56. The fourth-order valence-electron chi connectivity index (χ4n) is 7.42. The standard InChI is InChI=1S/C49H56O6/c1-7-10-34-27-39(17-20-47(34)55-33-44-32-54-44)48(4,5)37-13-15-38(16-14-37)49(6,40-18-21-45(35(28-40)11-8-2)50-25-23-42-30-52-42)41-19-22-46(36(29-41)12-9-3)51-26-24-43-31-53-43/h7-9,13-22,27-29,42-44H,1-3,10-12,23-26,30-33H2,4-6H3. The first-order valence-electron chi connectivity index (χ1n) is 19.8. The second-order valence-corrected chi connectivity index (χ2v) is 15.7. The molecule has 288 valence electrons. The van der Waals surface area contributed by atoms with Gasteiger partial charge in [-0.3, -0.25) is 0 Å². The van der Waals surface area contributed by atoms with Crippen molar-refractivity contribution in [2.24, 2.45) is 0 Å². The molecule has 0 aromatic heterocycles. The van der Waals surface area contributed by atoms with E-state index in [0.717, 1.165) is 73.0 Å². The Morgan fingerprint density at radius 1 is 0.527 bits per heavy atom. The average molecular weight is 741 g/mol. The first-order valence-corrected chi connectivity index (χ1v) is 19.8. The topological polar surface area (TPSA) is 65.3 Å². The number of hydrogen-bond donors (Lipinski definition) is 0. The van der Waals surface area contributed by atoms with Crippen LogP contribution in [0.15, 0.2) is 117 Å². The van der Waals surface area contributed by atoms with Gasteiger partial charge in [0.25, 0.3) is 0 Å². The van der Waals surface area contributed by atoms with E-state index in [1.807, 2.05) is 18.2 Å². The molecule has 3 fully saturated rings. The predicted molar refractivity (Wildman–Crippen MR) is 220 cm³/mol. The van der Waals surface area contributed by atoms with Crippen LogP contribution in [0.2, 0.25) is 0 Å². The number of ether oxygens (including phenoxy) is 6. The largest absolute Gasteiger partial charge is 0.493 e. The summed E-state index contributed by atoms with van der Waals surface area (Å²) in [5.41, 5.74) is 8.63. The van der Waals surface area contributed by atoms with Crippen molar-refractivity contribution in [2.45, 2.75) is 82.0 Å². The molecule has 0 bridgehead atoms. The van der Waals surface area contributed by atoms with Gasteiger partial charge in [-0.05, 0) is 88.9 Å². The SMILES string of the molecule is C=CCc1cc(C(C)(c2ccc(C(C)(C)c3ccc(OCC4CO4)c(CC=C)c3)cc2)c2ccc(OCCC3CO3)c(CC=C)c2)ccc1OCCC1CO1. The summed E-state index contributed by atoms with van der Waals surface area (Å²) in [5, 5.41) is 0. The van der Waals surface area contributed by atoms with Crippen LogP contribution in [0.1, 0.15) is 78.1 Å². The van der Waals surface area contributed by atoms with Gasteiger partial charge in [-0.25, -0.2) is 0 Å². The van der Waals surface area contributed by atoms with Crippen LogP contribution >= 0.6 is 0 Å². The van der Waals surface area contributed by atoms with Crippen molar-refractivity contribution in [1.82, 2.24) is 0 Å². The van der Waals surface area contributed by atoms with Crippen molar-refractivity contribution >= 4 is 0 Å². The molecule has 7 rings (SSSR count). The second-order valence-electron chi connectivity index (χ2n) is 15.7. The molecule has 0 aliphatic carbocycles. The monoisotopic (exact) mass is 740 g/mol. The highest BCUT2D eigenvalue weighted by atomic mass is 16.6. The van der Waals surface area contributed by atoms with Gasteiger partial charge in [-0.2, -0.15) is 0 Å². The van der Waals surface area contributed by atoms with E-state index in [0.29, 0.717) is 44.9 Å². The van der Waals surface area contributed by atoms with Crippen molar-refractivity contribution in [3.05, 3.63) is 161 Å². The highest BCUT2D eigenvalue weighted by Crippen LogP contribution is 2.43. The van der Waals surface area contributed by atoms with Gasteiger partial charge < -0.3 is 28.4 Å². The van der Waals surface area contributed by atoms with Crippen molar-refractivity contribution < 1.29 is 28.4 Å². The van der Waals surface area contributed by atoms with Gasteiger partial charge in [0.05, 0.1) is 45.2 Å². The summed E-state index contributed by atoms with van der Waals surface area (Å²) in [6.45, 7) is 23.3. The lowest BCUT2D eigenvalue weighted by Gasteiger charge is -2.34. The van der Waals surface area contributed by atoms with Gasteiger partial charge in [0.2, 0.25) is 0 Å². The molecule has 4 aromatic carbocycles. The van der Waals surface area contributed by atoms with Crippen LogP contribution in [0, 0.1) is 0 Å². The summed E-state index contributed by atoms with van der Waals surface area (Å²) >= 11 is 0. The Labute approximate surface area is 327 Å². The fourth-order valence-corrected chi connectivity index (χ4v) is 7.42. The number of allylic oxidation sites excluding steroid dienone is 3. The Morgan fingerprint density at radius 3 is 1.35 bits per heavy atom. The van der Waals surface area contributed by atoms with Crippen LogP contribution in [-0.4, -0.2) is 58.0 Å². The summed E-state index contributed by atoms with van der Waals surface area (Å²) in [7, 11) is 0. The quantitative estimate of drug-likeness (QED) is 0.0455. The molecule has 0 spiro atoms. The molecule has 4 aromatic rings. The minimum absolute atomic E-state index is 0.205. The summed E-state index contributed by atoms with van der Waals surface area (Å²) in [5.74, 6) is 2.69. The van der Waals surface area contributed by atoms with Gasteiger partial charge in [0.1, 0.15) is 30.0 Å². The molecule has 3 saturated heterocycles. The van der Waals surface area contributed by atoms with E-state index < -0.39 is 5.41 Å². The first-order chi connectivity index (χ1) is 26.7. The Morgan fingerprint density at radius 2 is 0.909 bits per heavy atom. The van der Waals surface area contributed by atoms with E-state index in [9.17, 15) is 0 Å². The molecule has 3 unspecified atom stereocenters. The smallest absolute Gasteiger partial charge is 0.122 e. The Bertz CT molecular complexity index is 1890. The van der Waals surface area contributed by atoms with E-state index in [1.54, 1.807) is 0 Å². The maximum atomic E-state index is 6.31. The third-order valence-corrected chi connectivity index (χ3v) is 11.4. The van der Waals surface area contributed by atoms with Crippen molar-refractivity contribution in [1.29, 1.82) is 0 Å². The molecule has 55 heavy (non-hydrogen) atoms. The average Bonchev–Trinajstić information content (AvgIpc) is 4.03. The maximum absolute atomic E-state index is 6.31. The summed E-state index contributed by atoms with van der Waals surface area (Å²) in [6, 6.07) is 29.1. The third-order valence-electron chi connectivity index (χ3n) is 11.4. The molecule has 3 aliphatic heterocycles. The van der Waals surface area contributed by atoms with Crippen LogP contribution in [0.3, 0.4) is 0 Å². The van der Waals surface area contributed by atoms with E-state index in [1.165, 1.54) is 27.8 Å². The Hall–Kier alpha value is -4.62. The zero-order valence-corrected chi connectivity index (χ0v) is 32.8. The van der Waals surface area contributed by atoms with Crippen LogP contribution in [0.25, 0.3) is 0 Å². The van der Waals surface area contributed by atoms with E-state index in [4.69, 9.17) is 28.4 Å². The molecular formula is C49H56O6.